The fourth-order valence-corrected chi connectivity index (χ4v) is 3.48. The SMILES string of the molecule is O=C(OCC1CCCSC1)c1cccc2cn[nH]c12. The molecule has 1 N–H and O–H groups in total. The van der Waals surface area contributed by atoms with Gasteiger partial charge in [-0.15, -0.1) is 0 Å². The summed E-state index contributed by atoms with van der Waals surface area (Å²) in [6.07, 6.45) is 4.10. The molecule has 2 heterocycles. The number of ether oxygens (including phenoxy) is 1. The van der Waals surface area contributed by atoms with E-state index in [0.29, 0.717) is 18.1 Å². The number of hydrogen-bond donors (Lipinski definition) is 1. The number of aromatic nitrogens is 2. The number of aromatic amines is 1. The van der Waals surface area contributed by atoms with Crippen LogP contribution in [0.5, 0.6) is 0 Å². The molecule has 1 fully saturated rings. The highest BCUT2D eigenvalue weighted by atomic mass is 32.2. The van der Waals surface area contributed by atoms with Crippen molar-refractivity contribution in [2.75, 3.05) is 18.1 Å². The van der Waals surface area contributed by atoms with E-state index in [0.717, 1.165) is 23.1 Å². The van der Waals surface area contributed by atoms with E-state index in [-0.39, 0.29) is 5.97 Å². The molecule has 1 aliphatic heterocycles. The molecular formula is C14H16N2O2S. The van der Waals surface area contributed by atoms with Crippen LogP contribution in [0.15, 0.2) is 24.4 Å². The third-order valence-corrected chi connectivity index (χ3v) is 4.69. The van der Waals surface area contributed by atoms with E-state index in [4.69, 9.17) is 4.74 Å². The number of nitrogens with one attached hydrogen (secondary N) is 1. The monoisotopic (exact) mass is 276 g/mol. The molecule has 1 unspecified atom stereocenters. The molecule has 0 radical (unpaired) electrons. The first kappa shape index (κ1) is 12.5. The molecule has 5 heteroatoms. The van der Waals surface area contributed by atoms with Gasteiger partial charge in [-0.3, -0.25) is 5.10 Å². The van der Waals surface area contributed by atoms with Gasteiger partial charge in [0.05, 0.1) is 23.9 Å². The van der Waals surface area contributed by atoms with Crippen LogP contribution in [-0.4, -0.2) is 34.3 Å². The average Bonchev–Trinajstić information content (AvgIpc) is 2.94. The van der Waals surface area contributed by atoms with Crippen molar-refractivity contribution >= 4 is 28.6 Å². The van der Waals surface area contributed by atoms with Crippen LogP contribution in [0.2, 0.25) is 0 Å². The summed E-state index contributed by atoms with van der Waals surface area (Å²) in [6, 6.07) is 5.55. The van der Waals surface area contributed by atoms with Crippen LogP contribution in [0.3, 0.4) is 0 Å². The topological polar surface area (TPSA) is 55.0 Å². The molecule has 2 aromatic rings. The summed E-state index contributed by atoms with van der Waals surface area (Å²) in [6.45, 7) is 0.524. The van der Waals surface area contributed by atoms with Crippen molar-refractivity contribution in [1.82, 2.24) is 10.2 Å². The Balaban J connectivity index is 1.68. The maximum atomic E-state index is 12.1. The molecule has 0 aliphatic carbocycles. The highest BCUT2D eigenvalue weighted by molar-refractivity contribution is 7.99. The number of para-hydroxylation sites is 1. The second-order valence-corrected chi connectivity index (χ2v) is 5.97. The summed E-state index contributed by atoms with van der Waals surface area (Å²) in [5.41, 5.74) is 1.32. The molecule has 1 aromatic carbocycles. The van der Waals surface area contributed by atoms with Crippen LogP contribution in [0.4, 0.5) is 0 Å². The number of carbonyl (C=O) groups excluding carboxylic acids is 1. The minimum atomic E-state index is -0.259. The molecule has 1 atom stereocenters. The van der Waals surface area contributed by atoms with Gasteiger partial charge in [0.2, 0.25) is 0 Å². The zero-order valence-corrected chi connectivity index (χ0v) is 11.4. The maximum Gasteiger partial charge on any atom is 0.340 e. The van der Waals surface area contributed by atoms with Crippen LogP contribution in [-0.2, 0) is 4.74 Å². The summed E-state index contributed by atoms with van der Waals surface area (Å²) in [4.78, 5) is 12.1. The van der Waals surface area contributed by atoms with Gasteiger partial charge >= 0.3 is 5.97 Å². The Morgan fingerprint density at radius 3 is 3.32 bits per heavy atom. The van der Waals surface area contributed by atoms with E-state index in [1.807, 2.05) is 23.9 Å². The van der Waals surface area contributed by atoms with E-state index >= 15 is 0 Å². The van der Waals surface area contributed by atoms with Crippen molar-refractivity contribution in [2.45, 2.75) is 12.8 Å². The summed E-state index contributed by atoms with van der Waals surface area (Å²) < 4.78 is 5.44. The molecular weight excluding hydrogens is 260 g/mol. The number of fused-ring (bicyclic) bond motifs is 1. The van der Waals surface area contributed by atoms with Crippen molar-refractivity contribution in [2.24, 2.45) is 5.92 Å². The van der Waals surface area contributed by atoms with Gasteiger partial charge in [0, 0.05) is 11.3 Å². The third-order valence-electron chi connectivity index (χ3n) is 3.40. The number of esters is 1. The van der Waals surface area contributed by atoms with Gasteiger partial charge in [-0.25, -0.2) is 4.79 Å². The van der Waals surface area contributed by atoms with E-state index in [9.17, 15) is 4.79 Å². The van der Waals surface area contributed by atoms with Crippen LogP contribution >= 0.6 is 11.8 Å². The molecule has 3 rings (SSSR count). The van der Waals surface area contributed by atoms with E-state index in [1.165, 1.54) is 12.2 Å². The van der Waals surface area contributed by atoms with Crippen molar-refractivity contribution in [3.63, 3.8) is 0 Å². The minimum absolute atomic E-state index is 0.259. The quantitative estimate of drug-likeness (QED) is 0.876. The number of nitrogens with zero attached hydrogens (tertiary/aromatic N) is 1. The summed E-state index contributed by atoms with van der Waals surface area (Å²) in [5.74, 6) is 2.58. The zero-order chi connectivity index (χ0) is 13.1. The van der Waals surface area contributed by atoms with Gasteiger partial charge in [0.25, 0.3) is 0 Å². The maximum absolute atomic E-state index is 12.1. The smallest absolute Gasteiger partial charge is 0.340 e. The molecule has 4 nitrogen and oxygen atoms in total. The lowest BCUT2D eigenvalue weighted by Crippen LogP contribution is -2.19. The van der Waals surface area contributed by atoms with Crippen LogP contribution < -0.4 is 0 Å². The number of thioether (sulfide) groups is 1. The molecule has 1 aromatic heterocycles. The molecule has 0 spiro atoms. The zero-order valence-electron chi connectivity index (χ0n) is 10.6. The van der Waals surface area contributed by atoms with Gasteiger partial charge in [-0.05, 0) is 30.4 Å². The Labute approximate surface area is 115 Å². The normalized spacial score (nSPS) is 19.5. The lowest BCUT2D eigenvalue weighted by Gasteiger charge is -2.20. The first-order valence-electron chi connectivity index (χ1n) is 6.51. The van der Waals surface area contributed by atoms with Gasteiger partial charge in [0.1, 0.15) is 0 Å². The summed E-state index contributed by atoms with van der Waals surface area (Å²) >= 11 is 1.95. The van der Waals surface area contributed by atoms with E-state index in [2.05, 4.69) is 10.2 Å². The Kier molecular flexibility index (Phi) is 3.73. The Bertz CT molecular complexity index is 576. The largest absolute Gasteiger partial charge is 0.462 e. The van der Waals surface area contributed by atoms with E-state index < -0.39 is 0 Å². The summed E-state index contributed by atoms with van der Waals surface area (Å²) in [7, 11) is 0. The van der Waals surface area contributed by atoms with Gasteiger partial charge in [0.15, 0.2) is 0 Å². The number of carbonyl (C=O) groups is 1. The second kappa shape index (κ2) is 5.65. The molecule has 0 saturated carbocycles. The number of benzene rings is 1. The lowest BCUT2D eigenvalue weighted by molar-refractivity contribution is 0.0447. The first-order chi connectivity index (χ1) is 9.34. The highest BCUT2D eigenvalue weighted by Gasteiger charge is 2.18. The Morgan fingerprint density at radius 2 is 2.47 bits per heavy atom. The molecule has 1 aliphatic rings. The van der Waals surface area contributed by atoms with Gasteiger partial charge in [-0.1, -0.05) is 12.1 Å². The van der Waals surface area contributed by atoms with Crippen LogP contribution in [0.25, 0.3) is 10.9 Å². The van der Waals surface area contributed by atoms with Crippen molar-refractivity contribution in [3.05, 3.63) is 30.0 Å². The number of rotatable bonds is 3. The third kappa shape index (κ3) is 2.76. The number of hydrogen-bond acceptors (Lipinski definition) is 4. The van der Waals surface area contributed by atoms with Crippen molar-refractivity contribution in [3.8, 4) is 0 Å². The summed E-state index contributed by atoms with van der Waals surface area (Å²) in [5, 5.41) is 7.74. The predicted octanol–water partition coefficient (Wildman–Crippen LogP) is 2.86. The second-order valence-electron chi connectivity index (χ2n) is 4.82. The van der Waals surface area contributed by atoms with Crippen molar-refractivity contribution < 1.29 is 9.53 Å². The number of H-pyrrole nitrogens is 1. The molecule has 100 valence electrons. The minimum Gasteiger partial charge on any atom is -0.462 e. The molecule has 0 amide bonds. The van der Waals surface area contributed by atoms with Crippen LogP contribution in [0, 0.1) is 5.92 Å². The predicted molar refractivity (Wildman–Crippen MR) is 76.4 cm³/mol. The molecule has 0 bridgehead atoms. The van der Waals surface area contributed by atoms with Gasteiger partial charge < -0.3 is 4.74 Å². The Hall–Kier alpha value is -1.49. The lowest BCUT2D eigenvalue weighted by atomic mass is 10.1. The fraction of sp³-hybridized carbons (Fsp3) is 0.429. The van der Waals surface area contributed by atoms with Crippen LogP contribution in [0.1, 0.15) is 23.2 Å². The molecule has 19 heavy (non-hydrogen) atoms. The fourth-order valence-electron chi connectivity index (χ4n) is 2.35. The molecule has 1 saturated heterocycles. The average molecular weight is 276 g/mol. The van der Waals surface area contributed by atoms with Crippen molar-refractivity contribution in [1.29, 1.82) is 0 Å². The first-order valence-corrected chi connectivity index (χ1v) is 7.67. The standard InChI is InChI=1S/C14H16N2O2S/c17-14(18-8-10-3-2-6-19-9-10)12-5-1-4-11-7-15-16-13(11)12/h1,4-5,7,10H,2-3,6,8-9H2,(H,15,16). The Morgan fingerprint density at radius 1 is 1.53 bits per heavy atom. The van der Waals surface area contributed by atoms with E-state index in [1.54, 1.807) is 12.3 Å². The highest BCUT2D eigenvalue weighted by Crippen LogP contribution is 2.23. The van der Waals surface area contributed by atoms with Gasteiger partial charge in [-0.2, -0.15) is 16.9 Å².